The summed E-state index contributed by atoms with van der Waals surface area (Å²) in [6.07, 6.45) is 1.90. The molecule has 1 aliphatic heterocycles. The van der Waals surface area contributed by atoms with Crippen LogP contribution >= 0.6 is 69.2 Å². The molecule has 7 heteroatoms. The van der Waals surface area contributed by atoms with Crippen molar-refractivity contribution >= 4 is 91.2 Å². The Morgan fingerprint density at radius 2 is 1.68 bits per heavy atom. The minimum Gasteiger partial charge on any atom is -0.487 e. The van der Waals surface area contributed by atoms with Crippen molar-refractivity contribution in [3.8, 4) is 5.75 Å². The van der Waals surface area contributed by atoms with Crippen molar-refractivity contribution in [3.05, 3.63) is 95.5 Å². The number of halogens is 2. The van der Waals surface area contributed by atoms with Crippen LogP contribution < -0.4 is 9.64 Å². The monoisotopic (exact) mass is 669 g/mol. The zero-order valence-electron chi connectivity index (χ0n) is 16.5. The number of hydrogen-bond acceptors (Lipinski definition) is 4. The van der Waals surface area contributed by atoms with E-state index in [9.17, 15) is 4.79 Å². The smallest absolute Gasteiger partial charge is 0.270 e. The van der Waals surface area contributed by atoms with E-state index in [0.717, 1.165) is 29.7 Å². The predicted molar refractivity (Wildman–Crippen MR) is 149 cm³/mol. The molecule has 0 unspecified atom stereocenters. The first kappa shape index (κ1) is 22.8. The van der Waals surface area contributed by atoms with E-state index >= 15 is 0 Å². The molecule has 0 aliphatic carbocycles. The lowest BCUT2D eigenvalue weighted by Crippen LogP contribution is -2.27. The van der Waals surface area contributed by atoms with Crippen LogP contribution in [0.5, 0.6) is 5.75 Å². The molecule has 3 aromatic rings. The van der Waals surface area contributed by atoms with Crippen LogP contribution in [-0.4, -0.2) is 10.2 Å². The van der Waals surface area contributed by atoms with E-state index in [4.69, 9.17) is 17.0 Å². The third kappa shape index (κ3) is 5.32. The van der Waals surface area contributed by atoms with Crippen LogP contribution in [0.3, 0.4) is 0 Å². The lowest BCUT2D eigenvalue weighted by molar-refractivity contribution is -0.113. The molecule has 0 atom stereocenters. The maximum absolute atomic E-state index is 13.0. The Labute approximate surface area is 218 Å². The molecular formula is C24H17I2NO2S2. The summed E-state index contributed by atoms with van der Waals surface area (Å²) in [6, 6.07) is 21.9. The van der Waals surface area contributed by atoms with Crippen LogP contribution in [0.25, 0.3) is 6.08 Å². The number of ether oxygens (including phenoxy) is 1. The topological polar surface area (TPSA) is 29.5 Å². The number of rotatable bonds is 5. The van der Waals surface area contributed by atoms with Gasteiger partial charge in [-0.15, -0.1) is 0 Å². The number of thiocarbonyl (C=S) groups is 1. The lowest BCUT2D eigenvalue weighted by Gasteiger charge is -2.14. The van der Waals surface area contributed by atoms with E-state index in [1.807, 2.05) is 48.5 Å². The van der Waals surface area contributed by atoms with E-state index in [1.165, 1.54) is 17.3 Å². The highest BCUT2D eigenvalue weighted by Gasteiger charge is 2.33. The van der Waals surface area contributed by atoms with Gasteiger partial charge in [0, 0.05) is 0 Å². The molecule has 4 rings (SSSR count). The molecular weight excluding hydrogens is 652 g/mol. The summed E-state index contributed by atoms with van der Waals surface area (Å²) >= 11 is 11.4. The van der Waals surface area contributed by atoms with Gasteiger partial charge in [0.15, 0.2) is 4.32 Å². The van der Waals surface area contributed by atoms with Gasteiger partial charge in [-0.1, -0.05) is 72.0 Å². The number of aryl methyl sites for hydroxylation is 1. The Balaban J connectivity index is 1.54. The highest BCUT2D eigenvalue weighted by molar-refractivity contribution is 14.1. The normalized spacial score (nSPS) is 15.1. The van der Waals surface area contributed by atoms with Gasteiger partial charge in [-0.2, -0.15) is 0 Å². The first-order chi connectivity index (χ1) is 14.9. The first-order valence-corrected chi connectivity index (χ1v) is 12.8. The van der Waals surface area contributed by atoms with Crippen molar-refractivity contribution in [1.29, 1.82) is 0 Å². The van der Waals surface area contributed by atoms with Crippen LogP contribution in [0.15, 0.2) is 71.6 Å². The Kier molecular flexibility index (Phi) is 7.35. The van der Waals surface area contributed by atoms with E-state index in [1.54, 1.807) is 4.90 Å². The molecule has 1 saturated heterocycles. The highest BCUT2D eigenvalue weighted by Crippen LogP contribution is 2.37. The number of amides is 1. The molecule has 1 heterocycles. The van der Waals surface area contributed by atoms with Gasteiger partial charge in [0.1, 0.15) is 12.4 Å². The average molecular weight is 669 g/mol. The fraction of sp³-hybridized carbons (Fsp3) is 0.0833. The van der Waals surface area contributed by atoms with Crippen LogP contribution in [0, 0.1) is 14.1 Å². The van der Waals surface area contributed by atoms with Gasteiger partial charge in [-0.25, -0.2) is 0 Å². The molecule has 3 aromatic carbocycles. The fourth-order valence-electron chi connectivity index (χ4n) is 3.06. The second kappa shape index (κ2) is 10.0. The summed E-state index contributed by atoms with van der Waals surface area (Å²) < 4.78 is 8.64. The molecule has 156 valence electrons. The maximum atomic E-state index is 13.0. The molecule has 0 bridgehead atoms. The number of nitrogens with zero attached hydrogens (tertiary/aromatic N) is 1. The van der Waals surface area contributed by atoms with E-state index in [-0.39, 0.29) is 5.91 Å². The van der Waals surface area contributed by atoms with Gasteiger partial charge in [-0.3, -0.25) is 9.69 Å². The van der Waals surface area contributed by atoms with Crippen LogP contribution in [0.1, 0.15) is 16.7 Å². The fourth-order valence-corrected chi connectivity index (χ4v) is 6.49. The molecule has 31 heavy (non-hydrogen) atoms. The van der Waals surface area contributed by atoms with Crippen molar-refractivity contribution in [2.45, 2.75) is 13.5 Å². The Morgan fingerprint density at radius 1 is 1.03 bits per heavy atom. The standard InChI is InChI=1S/C24H17I2NO2S2/c1-15-7-9-16(10-8-15)14-29-22-19(25)11-17(12-20(22)26)13-21-23(28)27(24(30)31-21)18-5-3-2-4-6-18/h2-13H,14H2,1H3/b21-13+. The summed E-state index contributed by atoms with van der Waals surface area (Å²) in [7, 11) is 0. The summed E-state index contributed by atoms with van der Waals surface area (Å²) in [5.74, 6) is 0.765. The first-order valence-electron chi connectivity index (χ1n) is 9.43. The third-order valence-corrected chi connectivity index (χ3v) is 7.53. The molecule has 1 amide bonds. The minimum atomic E-state index is -0.0917. The van der Waals surface area contributed by atoms with Crippen LogP contribution in [-0.2, 0) is 11.4 Å². The van der Waals surface area contributed by atoms with Gasteiger partial charge < -0.3 is 4.74 Å². The van der Waals surface area contributed by atoms with Gasteiger partial charge in [-0.05, 0) is 93.6 Å². The Bertz CT molecular complexity index is 1150. The van der Waals surface area contributed by atoms with Crippen LogP contribution in [0.4, 0.5) is 5.69 Å². The zero-order chi connectivity index (χ0) is 22.0. The number of anilines is 1. The maximum Gasteiger partial charge on any atom is 0.270 e. The molecule has 3 nitrogen and oxygen atoms in total. The number of carbonyl (C=O) groups excluding carboxylic acids is 1. The molecule has 1 aliphatic rings. The van der Waals surface area contributed by atoms with Gasteiger partial charge in [0.25, 0.3) is 5.91 Å². The zero-order valence-corrected chi connectivity index (χ0v) is 22.4. The second-order valence-corrected chi connectivity index (χ2v) is 10.9. The van der Waals surface area contributed by atoms with E-state index in [2.05, 4.69) is 76.4 Å². The number of benzene rings is 3. The molecule has 0 radical (unpaired) electrons. The van der Waals surface area contributed by atoms with Gasteiger partial charge in [0.2, 0.25) is 0 Å². The number of thioether (sulfide) groups is 1. The summed E-state index contributed by atoms with van der Waals surface area (Å²) in [6.45, 7) is 2.59. The van der Waals surface area contributed by atoms with Gasteiger partial charge in [0.05, 0.1) is 17.7 Å². The van der Waals surface area contributed by atoms with Crippen molar-refractivity contribution in [3.63, 3.8) is 0 Å². The quantitative estimate of drug-likeness (QED) is 0.164. The lowest BCUT2D eigenvalue weighted by atomic mass is 10.1. The SMILES string of the molecule is Cc1ccc(COc2c(I)cc(/C=C3/SC(=S)N(c4ccccc4)C3=O)cc2I)cc1. The van der Waals surface area contributed by atoms with Crippen LogP contribution in [0.2, 0.25) is 0 Å². The van der Waals surface area contributed by atoms with E-state index < -0.39 is 0 Å². The van der Waals surface area contributed by atoms with Crippen molar-refractivity contribution < 1.29 is 9.53 Å². The molecule has 0 N–H and O–H groups in total. The van der Waals surface area contributed by atoms with E-state index in [0.29, 0.717) is 15.8 Å². The summed E-state index contributed by atoms with van der Waals surface area (Å²) in [4.78, 5) is 15.2. The summed E-state index contributed by atoms with van der Waals surface area (Å²) in [5, 5.41) is 0. The Morgan fingerprint density at radius 3 is 2.32 bits per heavy atom. The molecule has 0 spiro atoms. The largest absolute Gasteiger partial charge is 0.487 e. The number of carbonyl (C=O) groups is 1. The average Bonchev–Trinajstić information content (AvgIpc) is 3.02. The minimum absolute atomic E-state index is 0.0917. The second-order valence-electron chi connectivity index (χ2n) is 6.94. The van der Waals surface area contributed by atoms with Crippen molar-refractivity contribution in [2.24, 2.45) is 0 Å². The summed E-state index contributed by atoms with van der Waals surface area (Å²) in [5.41, 5.74) is 4.10. The molecule has 0 aromatic heterocycles. The molecule has 0 saturated carbocycles. The Hall–Kier alpha value is -1.43. The van der Waals surface area contributed by atoms with Crippen molar-refractivity contribution in [1.82, 2.24) is 0 Å². The molecule has 1 fully saturated rings. The third-order valence-electron chi connectivity index (χ3n) is 4.63. The predicted octanol–water partition coefficient (Wildman–Crippen LogP) is 7.19. The number of para-hydroxylation sites is 1. The van der Waals surface area contributed by atoms with Gasteiger partial charge >= 0.3 is 0 Å². The van der Waals surface area contributed by atoms with Crippen molar-refractivity contribution in [2.75, 3.05) is 4.90 Å². The number of hydrogen-bond donors (Lipinski definition) is 0. The highest BCUT2D eigenvalue weighted by atomic mass is 127.